The van der Waals surface area contributed by atoms with Crippen molar-refractivity contribution in [2.75, 3.05) is 36.5 Å². The minimum Gasteiger partial charge on any atom is -0.457 e. The molecule has 0 bridgehead atoms. The summed E-state index contributed by atoms with van der Waals surface area (Å²) < 4.78 is 6.06. The van der Waals surface area contributed by atoms with Gasteiger partial charge in [-0.05, 0) is 49.1 Å². The van der Waals surface area contributed by atoms with Gasteiger partial charge in [-0.15, -0.1) is 0 Å². The van der Waals surface area contributed by atoms with Gasteiger partial charge < -0.3 is 25.9 Å². The number of ether oxygens (including phenoxy) is 1. The van der Waals surface area contributed by atoms with Gasteiger partial charge in [0.2, 0.25) is 0 Å². The molecule has 0 radical (unpaired) electrons. The van der Waals surface area contributed by atoms with Gasteiger partial charge in [0.1, 0.15) is 28.9 Å². The van der Waals surface area contributed by atoms with Crippen molar-refractivity contribution >= 4 is 45.7 Å². The lowest BCUT2D eigenvalue weighted by molar-refractivity contribution is 0.399. The third kappa shape index (κ3) is 5.58. The van der Waals surface area contributed by atoms with Crippen molar-refractivity contribution in [1.82, 2.24) is 19.9 Å². The average Bonchev–Trinajstić information content (AvgIpc) is 2.86. The molecule has 0 saturated heterocycles. The first-order valence-electron chi connectivity index (χ1n) is 9.91. The fourth-order valence-corrected chi connectivity index (χ4v) is 3.40. The van der Waals surface area contributed by atoms with E-state index in [0.717, 1.165) is 35.5 Å². The van der Waals surface area contributed by atoms with Gasteiger partial charge in [-0.2, -0.15) is 0 Å². The summed E-state index contributed by atoms with van der Waals surface area (Å²) in [6, 6.07) is 11.5. The van der Waals surface area contributed by atoms with E-state index in [4.69, 9.17) is 15.7 Å². The Bertz CT molecular complexity index is 1240. The SMILES string of the molecule is CNc1ccc(Oc2ccc(Nc3ncnc4cnc(SC)nc34)cc2C)cc1NN.CO. The number of fused-ring (bicyclic) bond motifs is 1. The summed E-state index contributed by atoms with van der Waals surface area (Å²) in [6.07, 6.45) is 5.13. The van der Waals surface area contributed by atoms with Crippen molar-refractivity contribution in [3.63, 3.8) is 0 Å². The molecular formula is C22H26N8O2S. The molecule has 2 aromatic heterocycles. The summed E-state index contributed by atoms with van der Waals surface area (Å²) in [5.74, 6) is 7.64. The highest BCUT2D eigenvalue weighted by atomic mass is 32.2. The highest BCUT2D eigenvalue weighted by Gasteiger charge is 2.10. The summed E-state index contributed by atoms with van der Waals surface area (Å²) in [5.41, 5.74) is 7.48. The van der Waals surface area contributed by atoms with Gasteiger partial charge >= 0.3 is 0 Å². The Morgan fingerprint density at radius 1 is 1.03 bits per heavy atom. The van der Waals surface area contributed by atoms with E-state index in [2.05, 4.69) is 36.0 Å². The lowest BCUT2D eigenvalue weighted by Gasteiger charge is -2.14. The van der Waals surface area contributed by atoms with Gasteiger partial charge in [0, 0.05) is 25.9 Å². The van der Waals surface area contributed by atoms with E-state index in [9.17, 15) is 0 Å². The number of anilines is 4. The van der Waals surface area contributed by atoms with Crippen LogP contribution in [0.3, 0.4) is 0 Å². The van der Waals surface area contributed by atoms with Crippen molar-refractivity contribution in [3.8, 4) is 11.5 Å². The maximum atomic E-state index is 7.00. The Morgan fingerprint density at radius 3 is 2.55 bits per heavy atom. The van der Waals surface area contributed by atoms with Gasteiger partial charge in [-0.25, -0.2) is 19.9 Å². The van der Waals surface area contributed by atoms with Crippen LogP contribution in [0.4, 0.5) is 22.9 Å². The normalized spacial score (nSPS) is 10.2. The van der Waals surface area contributed by atoms with Gasteiger partial charge in [-0.1, -0.05) is 11.8 Å². The Morgan fingerprint density at radius 2 is 1.85 bits per heavy atom. The zero-order valence-corrected chi connectivity index (χ0v) is 19.6. The molecule has 2 aromatic carbocycles. The summed E-state index contributed by atoms with van der Waals surface area (Å²) in [6.45, 7) is 1.98. The van der Waals surface area contributed by atoms with Crippen LogP contribution in [0.2, 0.25) is 0 Å². The van der Waals surface area contributed by atoms with Crippen molar-refractivity contribution in [1.29, 1.82) is 0 Å². The third-order valence-corrected chi connectivity index (χ3v) is 5.18. The third-order valence-electron chi connectivity index (χ3n) is 4.62. The number of rotatable bonds is 7. The molecule has 0 atom stereocenters. The number of hydrogen-bond donors (Lipinski definition) is 5. The number of nitrogens with two attached hydrogens (primary N) is 1. The second kappa shape index (κ2) is 11.3. The molecule has 0 unspecified atom stereocenters. The minimum absolute atomic E-state index is 0.622. The predicted molar refractivity (Wildman–Crippen MR) is 133 cm³/mol. The predicted octanol–water partition coefficient (Wildman–Crippen LogP) is 3.92. The molecule has 0 aliphatic heterocycles. The molecule has 2 heterocycles. The van der Waals surface area contributed by atoms with Crippen molar-refractivity contribution in [2.24, 2.45) is 5.84 Å². The van der Waals surface area contributed by atoms with Crippen LogP contribution in [0, 0.1) is 6.92 Å². The molecule has 0 spiro atoms. The second-order valence-corrected chi connectivity index (χ2v) is 7.40. The molecular weight excluding hydrogens is 440 g/mol. The lowest BCUT2D eigenvalue weighted by atomic mass is 10.2. The number of benzene rings is 2. The molecule has 0 amide bonds. The van der Waals surface area contributed by atoms with Crippen LogP contribution in [0.15, 0.2) is 54.1 Å². The van der Waals surface area contributed by atoms with Gasteiger partial charge in [0.25, 0.3) is 0 Å². The minimum atomic E-state index is 0.622. The molecule has 172 valence electrons. The van der Waals surface area contributed by atoms with Crippen molar-refractivity contribution in [2.45, 2.75) is 12.1 Å². The molecule has 33 heavy (non-hydrogen) atoms. The maximum absolute atomic E-state index is 7.00. The van der Waals surface area contributed by atoms with E-state index >= 15 is 0 Å². The number of nitrogen functional groups attached to an aromatic ring is 1. The van der Waals surface area contributed by atoms with Crippen LogP contribution in [0.1, 0.15) is 5.56 Å². The number of nitrogens with one attached hydrogen (secondary N) is 3. The first kappa shape index (κ1) is 24.0. The monoisotopic (exact) mass is 466 g/mol. The standard InChI is InChI=1S/C21H22N8OS.CH4O/c1-12-8-13(27-20-19-17(25-11-26-20)10-24-21(28-19)31-3)4-7-18(12)30-14-5-6-15(23-2)16(9-14)29-22;1-2/h4-11,23,29H,22H2,1-3H3,(H,25,26,27);2H,1H3. The Kier molecular flexibility index (Phi) is 8.19. The van der Waals surface area contributed by atoms with Crippen molar-refractivity contribution < 1.29 is 9.84 Å². The van der Waals surface area contributed by atoms with E-state index in [1.807, 2.05) is 56.6 Å². The highest BCUT2D eigenvalue weighted by molar-refractivity contribution is 7.98. The molecule has 6 N–H and O–H groups in total. The number of hydrogen-bond acceptors (Lipinski definition) is 11. The van der Waals surface area contributed by atoms with Crippen LogP contribution in [0.25, 0.3) is 11.0 Å². The molecule has 4 aromatic rings. The quantitative estimate of drug-likeness (QED) is 0.117. The maximum Gasteiger partial charge on any atom is 0.188 e. The molecule has 4 rings (SSSR count). The first-order chi connectivity index (χ1) is 16.1. The molecule has 0 aliphatic rings. The van der Waals surface area contributed by atoms with Crippen LogP contribution in [-0.4, -0.2) is 45.5 Å². The van der Waals surface area contributed by atoms with Gasteiger partial charge in [0.05, 0.1) is 17.6 Å². The molecule has 0 fully saturated rings. The largest absolute Gasteiger partial charge is 0.457 e. The molecule has 0 saturated carbocycles. The van der Waals surface area contributed by atoms with Gasteiger partial charge in [-0.3, -0.25) is 5.84 Å². The van der Waals surface area contributed by atoms with Crippen LogP contribution in [-0.2, 0) is 0 Å². The summed E-state index contributed by atoms with van der Waals surface area (Å²) in [7, 11) is 2.83. The molecule has 11 heteroatoms. The average molecular weight is 467 g/mol. The summed E-state index contributed by atoms with van der Waals surface area (Å²) in [4.78, 5) is 17.4. The zero-order chi connectivity index (χ0) is 23.8. The summed E-state index contributed by atoms with van der Waals surface area (Å²) in [5, 5.41) is 14.1. The lowest BCUT2D eigenvalue weighted by Crippen LogP contribution is -2.09. The first-order valence-corrected chi connectivity index (χ1v) is 11.1. The van der Waals surface area contributed by atoms with Crippen molar-refractivity contribution in [3.05, 3.63) is 54.5 Å². The van der Waals surface area contributed by atoms with E-state index < -0.39 is 0 Å². The number of aliphatic hydroxyl groups excluding tert-OH is 1. The Hall–Kier alpha value is -3.67. The Balaban J connectivity index is 0.00000149. The van der Waals surface area contributed by atoms with Crippen LogP contribution >= 0.6 is 11.8 Å². The van der Waals surface area contributed by atoms with Crippen LogP contribution < -0.4 is 26.6 Å². The molecule has 0 aliphatic carbocycles. The number of aliphatic hydroxyl groups is 1. The van der Waals surface area contributed by atoms with E-state index in [1.165, 1.54) is 18.1 Å². The Labute approximate surface area is 196 Å². The fourth-order valence-electron chi connectivity index (χ4n) is 3.06. The highest BCUT2D eigenvalue weighted by Crippen LogP contribution is 2.32. The fraction of sp³-hybridized carbons (Fsp3) is 0.182. The number of aryl methyl sites for hydroxylation is 1. The number of nitrogens with zero attached hydrogens (tertiary/aromatic N) is 4. The molecule has 10 nitrogen and oxygen atoms in total. The van der Waals surface area contributed by atoms with Gasteiger partial charge in [0.15, 0.2) is 11.0 Å². The number of aromatic nitrogens is 4. The van der Waals surface area contributed by atoms with E-state index in [0.29, 0.717) is 27.8 Å². The summed E-state index contributed by atoms with van der Waals surface area (Å²) >= 11 is 1.47. The second-order valence-electron chi connectivity index (χ2n) is 6.62. The number of thioether (sulfide) groups is 1. The zero-order valence-electron chi connectivity index (χ0n) is 18.7. The smallest absolute Gasteiger partial charge is 0.188 e. The topological polar surface area (TPSA) is 143 Å². The number of hydrazine groups is 1. The van der Waals surface area contributed by atoms with E-state index in [1.54, 1.807) is 6.20 Å². The van der Waals surface area contributed by atoms with E-state index in [-0.39, 0.29) is 0 Å². The van der Waals surface area contributed by atoms with Crippen LogP contribution in [0.5, 0.6) is 11.5 Å².